The SMILES string of the molecule is CCC1CCN(S(=O)(=O)c2ccc(Cl)cc2C)C(CN)C1. The maximum Gasteiger partial charge on any atom is 0.243 e. The molecule has 21 heavy (non-hydrogen) atoms. The molecule has 0 aromatic heterocycles. The Morgan fingerprint density at radius 2 is 2.14 bits per heavy atom. The van der Waals surface area contributed by atoms with Gasteiger partial charge >= 0.3 is 0 Å². The van der Waals surface area contributed by atoms with E-state index in [1.807, 2.05) is 0 Å². The Balaban J connectivity index is 2.34. The van der Waals surface area contributed by atoms with Crippen LogP contribution in [0.2, 0.25) is 5.02 Å². The van der Waals surface area contributed by atoms with Crippen molar-refractivity contribution >= 4 is 21.6 Å². The Morgan fingerprint density at radius 3 is 2.71 bits per heavy atom. The summed E-state index contributed by atoms with van der Waals surface area (Å²) in [5.41, 5.74) is 6.50. The lowest BCUT2D eigenvalue weighted by molar-refractivity contribution is 0.197. The highest BCUT2D eigenvalue weighted by Gasteiger charge is 2.36. The largest absolute Gasteiger partial charge is 0.329 e. The maximum atomic E-state index is 12.9. The summed E-state index contributed by atoms with van der Waals surface area (Å²) in [6.07, 6.45) is 2.82. The number of halogens is 1. The molecule has 1 heterocycles. The number of nitrogens with two attached hydrogens (primary N) is 1. The molecule has 1 saturated heterocycles. The predicted molar refractivity (Wildman–Crippen MR) is 85.9 cm³/mol. The Hall–Kier alpha value is -0.620. The third-order valence-electron chi connectivity index (χ3n) is 4.34. The fourth-order valence-electron chi connectivity index (χ4n) is 3.04. The zero-order chi connectivity index (χ0) is 15.6. The Labute approximate surface area is 132 Å². The van der Waals surface area contributed by atoms with Gasteiger partial charge in [-0.2, -0.15) is 4.31 Å². The normalized spacial score (nSPS) is 24.2. The van der Waals surface area contributed by atoms with Gasteiger partial charge in [0.05, 0.1) is 4.90 Å². The van der Waals surface area contributed by atoms with Crippen molar-refractivity contribution in [3.8, 4) is 0 Å². The average Bonchev–Trinajstić information content (AvgIpc) is 2.46. The molecule has 0 spiro atoms. The predicted octanol–water partition coefficient (Wildman–Crippen LogP) is 2.79. The first-order valence-corrected chi connectivity index (χ1v) is 9.20. The van der Waals surface area contributed by atoms with Gasteiger partial charge in [0.2, 0.25) is 10.0 Å². The molecular formula is C15H23ClN2O2S. The van der Waals surface area contributed by atoms with E-state index in [1.165, 1.54) is 0 Å². The first kappa shape index (κ1) is 16.7. The summed E-state index contributed by atoms with van der Waals surface area (Å²) in [5, 5.41) is 0.548. The van der Waals surface area contributed by atoms with Gasteiger partial charge in [0.1, 0.15) is 0 Å². The van der Waals surface area contributed by atoms with E-state index in [2.05, 4.69) is 6.92 Å². The number of hydrogen-bond acceptors (Lipinski definition) is 3. The van der Waals surface area contributed by atoms with Crippen LogP contribution in [0.3, 0.4) is 0 Å². The molecule has 0 amide bonds. The van der Waals surface area contributed by atoms with Crippen molar-refractivity contribution in [2.75, 3.05) is 13.1 Å². The van der Waals surface area contributed by atoms with Gasteiger partial charge < -0.3 is 5.73 Å². The summed E-state index contributed by atoms with van der Waals surface area (Å²) in [7, 11) is -3.51. The highest BCUT2D eigenvalue weighted by molar-refractivity contribution is 7.89. The third kappa shape index (κ3) is 3.42. The lowest BCUT2D eigenvalue weighted by Crippen LogP contribution is -2.49. The number of aryl methyl sites for hydroxylation is 1. The van der Waals surface area contributed by atoms with Crippen molar-refractivity contribution in [2.45, 2.75) is 44.0 Å². The molecule has 0 bridgehead atoms. The second-order valence-corrected chi connectivity index (χ2v) is 8.01. The minimum absolute atomic E-state index is 0.108. The highest BCUT2D eigenvalue weighted by atomic mass is 35.5. The van der Waals surface area contributed by atoms with Crippen molar-refractivity contribution < 1.29 is 8.42 Å². The first-order chi connectivity index (χ1) is 9.90. The smallest absolute Gasteiger partial charge is 0.243 e. The lowest BCUT2D eigenvalue weighted by atomic mass is 9.90. The third-order valence-corrected chi connectivity index (χ3v) is 6.69. The molecule has 0 saturated carbocycles. The van der Waals surface area contributed by atoms with Crippen LogP contribution in [0.4, 0.5) is 0 Å². The molecule has 0 radical (unpaired) electrons. The fraction of sp³-hybridized carbons (Fsp3) is 0.600. The van der Waals surface area contributed by atoms with Crippen LogP contribution < -0.4 is 5.73 Å². The van der Waals surface area contributed by atoms with Gasteiger partial charge in [-0.3, -0.25) is 0 Å². The van der Waals surface area contributed by atoms with E-state index in [4.69, 9.17) is 17.3 Å². The molecule has 1 aliphatic rings. The van der Waals surface area contributed by atoms with E-state index in [9.17, 15) is 8.42 Å². The molecule has 1 aliphatic heterocycles. The van der Waals surface area contributed by atoms with Gasteiger partial charge in [-0.1, -0.05) is 24.9 Å². The zero-order valence-electron chi connectivity index (χ0n) is 12.5. The van der Waals surface area contributed by atoms with Gasteiger partial charge in [0.15, 0.2) is 0 Å². The summed E-state index contributed by atoms with van der Waals surface area (Å²) < 4.78 is 27.4. The van der Waals surface area contributed by atoms with Crippen LogP contribution in [0.5, 0.6) is 0 Å². The second-order valence-electron chi connectivity index (χ2n) is 5.71. The number of piperidine rings is 1. The molecule has 4 nitrogen and oxygen atoms in total. The Kier molecular flexibility index (Phi) is 5.30. The van der Waals surface area contributed by atoms with Gasteiger partial charge in [-0.15, -0.1) is 0 Å². The maximum absolute atomic E-state index is 12.9. The Morgan fingerprint density at radius 1 is 1.43 bits per heavy atom. The van der Waals surface area contributed by atoms with Crippen molar-refractivity contribution in [3.63, 3.8) is 0 Å². The van der Waals surface area contributed by atoms with Crippen molar-refractivity contribution in [1.29, 1.82) is 0 Å². The zero-order valence-corrected chi connectivity index (χ0v) is 14.1. The summed E-state index contributed by atoms with van der Waals surface area (Å²) in [4.78, 5) is 0.334. The van der Waals surface area contributed by atoms with E-state index in [0.717, 1.165) is 19.3 Å². The summed E-state index contributed by atoms with van der Waals surface area (Å²) in [6.45, 7) is 4.83. The Bertz CT molecular complexity index is 604. The molecule has 2 unspecified atom stereocenters. The molecule has 1 aromatic rings. The van der Waals surface area contributed by atoms with Crippen molar-refractivity contribution in [3.05, 3.63) is 28.8 Å². The monoisotopic (exact) mass is 330 g/mol. The van der Waals surface area contributed by atoms with Crippen molar-refractivity contribution in [1.82, 2.24) is 4.31 Å². The van der Waals surface area contributed by atoms with Crippen LogP contribution in [0.1, 0.15) is 31.7 Å². The molecule has 6 heteroatoms. The van der Waals surface area contributed by atoms with Crippen LogP contribution in [0, 0.1) is 12.8 Å². The first-order valence-electron chi connectivity index (χ1n) is 7.38. The molecule has 1 fully saturated rings. The molecule has 1 aromatic carbocycles. The average molecular weight is 331 g/mol. The van der Waals surface area contributed by atoms with Gasteiger partial charge in [-0.05, 0) is 49.4 Å². The van der Waals surface area contributed by atoms with Crippen LogP contribution in [-0.2, 0) is 10.0 Å². The number of rotatable bonds is 4. The number of sulfonamides is 1. The number of nitrogens with zero attached hydrogens (tertiary/aromatic N) is 1. The van der Waals surface area contributed by atoms with E-state index in [-0.39, 0.29) is 6.04 Å². The molecule has 2 atom stereocenters. The fourth-order valence-corrected chi connectivity index (χ4v) is 5.14. The standard InChI is InChI=1S/C15H23ClN2O2S/c1-3-12-6-7-18(14(9-12)10-17)21(19,20)15-5-4-13(16)8-11(15)2/h4-5,8,12,14H,3,6-7,9-10,17H2,1-2H3. The minimum atomic E-state index is -3.51. The van der Waals surface area contributed by atoms with E-state index >= 15 is 0 Å². The lowest BCUT2D eigenvalue weighted by Gasteiger charge is -2.38. The number of hydrogen-bond donors (Lipinski definition) is 1. The van der Waals surface area contributed by atoms with Crippen LogP contribution in [-0.4, -0.2) is 31.9 Å². The summed E-state index contributed by atoms with van der Waals surface area (Å²) in [6, 6.07) is 4.79. The summed E-state index contributed by atoms with van der Waals surface area (Å²) in [5.74, 6) is 0.566. The van der Waals surface area contributed by atoms with Crippen LogP contribution >= 0.6 is 11.6 Å². The van der Waals surface area contributed by atoms with Gasteiger partial charge in [0.25, 0.3) is 0 Å². The molecule has 2 rings (SSSR count). The van der Waals surface area contributed by atoms with Gasteiger partial charge in [-0.25, -0.2) is 8.42 Å². The molecular weight excluding hydrogens is 308 g/mol. The van der Waals surface area contributed by atoms with E-state index < -0.39 is 10.0 Å². The van der Waals surface area contributed by atoms with Crippen molar-refractivity contribution in [2.24, 2.45) is 11.7 Å². The topological polar surface area (TPSA) is 63.4 Å². The highest BCUT2D eigenvalue weighted by Crippen LogP contribution is 2.31. The molecule has 2 N–H and O–H groups in total. The van der Waals surface area contributed by atoms with E-state index in [0.29, 0.717) is 34.5 Å². The van der Waals surface area contributed by atoms with Gasteiger partial charge in [0, 0.05) is 24.2 Å². The van der Waals surface area contributed by atoms with E-state index in [1.54, 1.807) is 29.4 Å². The summed E-state index contributed by atoms with van der Waals surface area (Å²) >= 11 is 5.92. The quantitative estimate of drug-likeness (QED) is 0.923. The van der Waals surface area contributed by atoms with Crippen LogP contribution in [0.25, 0.3) is 0 Å². The second kappa shape index (κ2) is 6.65. The van der Waals surface area contributed by atoms with Crippen LogP contribution in [0.15, 0.2) is 23.1 Å². The number of benzene rings is 1. The molecule has 0 aliphatic carbocycles. The minimum Gasteiger partial charge on any atom is -0.329 e. The molecule has 118 valence electrons.